The first-order valence-electron chi connectivity index (χ1n) is 9.31. The maximum Gasteiger partial charge on any atom is 0.356 e. The molecule has 0 saturated heterocycles. The summed E-state index contributed by atoms with van der Waals surface area (Å²) >= 11 is 10.6. The largest absolute Gasteiger partial charge is 0.461 e. The average molecular weight is 470 g/mol. The molecular weight excluding hydrogens is 448 g/mol. The summed E-state index contributed by atoms with van der Waals surface area (Å²) in [6, 6.07) is 9.06. The molecular formula is C21H22ClFNO4PS. The van der Waals surface area contributed by atoms with Crippen LogP contribution in [0.2, 0.25) is 5.02 Å². The van der Waals surface area contributed by atoms with Crippen molar-refractivity contribution in [3.8, 4) is 0 Å². The Hall–Kier alpha value is -1.79. The Morgan fingerprint density at radius 1 is 1.27 bits per heavy atom. The summed E-state index contributed by atoms with van der Waals surface area (Å²) < 4.78 is 40.7. The number of fused-ring (bicyclic) bond motifs is 1. The molecule has 1 atom stereocenters. The van der Waals surface area contributed by atoms with Crippen LogP contribution in [0, 0.1) is 5.82 Å². The van der Waals surface area contributed by atoms with Gasteiger partial charge in [-0.15, -0.1) is 0 Å². The molecule has 2 aromatic carbocycles. The lowest BCUT2D eigenvalue weighted by Crippen LogP contribution is -2.25. The minimum Gasteiger partial charge on any atom is -0.461 e. The molecule has 160 valence electrons. The van der Waals surface area contributed by atoms with Gasteiger partial charge in [0.1, 0.15) is 5.82 Å². The number of carbonyl (C=O) groups is 1. The Kier molecular flexibility index (Phi) is 6.68. The highest BCUT2D eigenvalue weighted by atomic mass is 35.5. The van der Waals surface area contributed by atoms with E-state index in [4.69, 9.17) is 20.9 Å². The second kappa shape index (κ2) is 8.75. The van der Waals surface area contributed by atoms with Crippen molar-refractivity contribution >= 4 is 59.3 Å². The zero-order chi connectivity index (χ0) is 22.2. The SMILES string of the molecule is CCOC(=O)c1c(P(=O)(OC)c2cc(F)cc(C(C)C)c2)c2cc(Cl)ccc2n1S. The van der Waals surface area contributed by atoms with Gasteiger partial charge in [-0.2, -0.15) is 0 Å². The number of ether oxygens (including phenoxy) is 1. The van der Waals surface area contributed by atoms with Gasteiger partial charge in [-0.25, -0.2) is 9.18 Å². The third kappa shape index (κ3) is 3.92. The quantitative estimate of drug-likeness (QED) is 0.302. The van der Waals surface area contributed by atoms with E-state index in [9.17, 15) is 13.8 Å². The van der Waals surface area contributed by atoms with E-state index in [1.54, 1.807) is 31.2 Å². The molecule has 0 spiro atoms. The van der Waals surface area contributed by atoms with Crippen LogP contribution < -0.4 is 10.6 Å². The van der Waals surface area contributed by atoms with Crippen LogP contribution >= 0.6 is 31.8 Å². The standard InChI is InChI=1S/C21H22ClFNO4PS/c1-5-28-21(25)19-20(17-10-14(22)6-7-18(17)24(19)30)29(26,27-4)16-9-13(12(2)3)8-15(23)11-16/h6-12,30H,5H2,1-4H3. The molecule has 0 bridgehead atoms. The number of esters is 1. The number of hydrogen-bond acceptors (Lipinski definition) is 5. The van der Waals surface area contributed by atoms with E-state index in [1.165, 1.54) is 17.1 Å². The zero-order valence-corrected chi connectivity index (χ0v) is 19.5. The summed E-state index contributed by atoms with van der Waals surface area (Å²) in [4.78, 5) is 12.8. The van der Waals surface area contributed by atoms with Crippen molar-refractivity contribution in [2.45, 2.75) is 26.7 Å². The fourth-order valence-electron chi connectivity index (χ4n) is 3.34. The molecule has 1 unspecified atom stereocenters. The highest BCUT2D eigenvalue weighted by Crippen LogP contribution is 2.48. The minimum absolute atomic E-state index is 0.00468. The summed E-state index contributed by atoms with van der Waals surface area (Å²) in [6.07, 6.45) is 0. The molecule has 1 heterocycles. The van der Waals surface area contributed by atoms with Crippen LogP contribution in [0.15, 0.2) is 36.4 Å². The van der Waals surface area contributed by atoms with Crippen molar-refractivity contribution in [3.63, 3.8) is 0 Å². The number of benzene rings is 2. The van der Waals surface area contributed by atoms with Crippen molar-refractivity contribution in [2.75, 3.05) is 13.7 Å². The summed E-state index contributed by atoms with van der Waals surface area (Å²) in [5, 5.41) is 1.01. The van der Waals surface area contributed by atoms with E-state index >= 15 is 0 Å². The molecule has 3 rings (SSSR count). The van der Waals surface area contributed by atoms with Gasteiger partial charge in [-0.3, -0.25) is 8.54 Å². The molecule has 0 aliphatic heterocycles. The zero-order valence-electron chi connectivity index (χ0n) is 17.0. The monoisotopic (exact) mass is 469 g/mol. The van der Waals surface area contributed by atoms with Crippen LogP contribution in [0.5, 0.6) is 0 Å². The molecule has 0 N–H and O–H groups in total. The molecule has 0 amide bonds. The van der Waals surface area contributed by atoms with E-state index < -0.39 is 19.2 Å². The number of aromatic nitrogens is 1. The molecule has 5 nitrogen and oxygen atoms in total. The average Bonchev–Trinajstić information content (AvgIpc) is 2.99. The lowest BCUT2D eigenvalue weighted by Gasteiger charge is -2.20. The smallest absolute Gasteiger partial charge is 0.356 e. The molecule has 9 heteroatoms. The third-order valence-corrected chi connectivity index (χ3v) is 7.95. The van der Waals surface area contributed by atoms with Gasteiger partial charge in [0, 0.05) is 22.8 Å². The van der Waals surface area contributed by atoms with E-state index in [0.717, 1.165) is 6.07 Å². The Labute approximate surface area is 185 Å². The second-order valence-corrected chi connectivity index (χ2v) is 10.3. The summed E-state index contributed by atoms with van der Waals surface area (Å²) in [6.45, 7) is 5.58. The van der Waals surface area contributed by atoms with Crippen molar-refractivity contribution in [2.24, 2.45) is 0 Å². The minimum atomic E-state index is -3.93. The number of hydrogen-bond donors (Lipinski definition) is 1. The van der Waals surface area contributed by atoms with Crippen LogP contribution in [-0.2, 0) is 13.8 Å². The van der Waals surface area contributed by atoms with Crippen molar-refractivity contribution in [3.05, 3.63) is 58.5 Å². The van der Waals surface area contributed by atoms with Crippen molar-refractivity contribution in [1.29, 1.82) is 0 Å². The van der Waals surface area contributed by atoms with Crippen LogP contribution in [0.25, 0.3) is 10.9 Å². The topological polar surface area (TPSA) is 57.5 Å². The van der Waals surface area contributed by atoms with Crippen LogP contribution in [0.4, 0.5) is 4.39 Å². The highest BCUT2D eigenvalue weighted by molar-refractivity contribution is 7.79. The molecule has 0 radical (unpaired) electrons. The maximum absolute atomic E-state index is 14.4. The first-order valence-corrected chi connectivity index (χ1v) is 11.7. The summed E-state index contributed by atoms with van der Waals surface area (Å²) in [7, 11) is -2.66. The van der Waals surface area contributed by atoms with Crippen LogP contribution in [0.1, 0.15) is 42.7 Å². The Balaban J connectivity index is 2.43. The van der Waals surface area contributed by atoms with Crippen LogP contribution in [-0.4, -0.2) is 23.7 Å². The molecule has 0 saturated carbocycles. The van der Waals surface area contributed by atoms with Gasteiger partial charge < -0.3 is 9.26 Å². The third-order valence-electron chi connectivity index (χ3n) is 4.81. The molecule has 0 fully saturated rings. The van der Waals surface area contributed by atoms with Gasteiger partial charge in [-0.05, 0) is 54.8 Å². The van der Waals surface area contributed by atoms with E-state index in [2.05, 4.69) is 12.8 Å². The normalized spacial score (nSPS) is 13.6. The lowest BCUT2D eigenvalue weighted by atomic mass is 10.0. The Morgan fingerprint density at radius 3 is 2.57 bits per heavy atom. The van der Waals surface area contributed by atoms with Gasteiger partial charge in [0.25, 0.3) is 7.37 Å². The number of rotatable bonds is 6. The number of halogens is 2. The first kappa shape index (κ1) is 22.9. The fraction of sp³-hybridized carbons (Fsp3) is 0.286. The Bertz CT molecular complexity index is 1180. The van der Waals surface area contributed by atoms with Gasteiger partial charge >= 0.3 is 5.97 Å². The number of carbonyl (C=O) groups excluding carboxylic acids is 1. The number of nitrogens with zero attached hydrogens (tertiary/aromatic N) is 1. The van der Waals surface area contributed by atoms with Gasteiger partial charge in [0.15, 0.2) is 5.69 Å². The van der Waals surface area contributed by atoms with Gasteiger partial charge in [0.2, 0.25) is 0 Å². The molecule has 30 heavy (non-hydrogen) atoms. The Morgan fingerprint density at radius 2 is 1.97 bits per heavy atom. The van der Waals surface area contributed by atoms with E-state index in [-0.39, 0.29) is 28.8 Å². The van der Waals surface area contributed by atoms with Crippen molar-refractivity contribution < 1.29 is 23.0 Å². The molecule has 1 aromatic heterocycles. The molecule has 0 aliphatic rings. The maximum atomic E-state index is 14.4. The summed E-state index contributed by atoms with van der Waals surface area (Å²) in [5.74, 6) is -1.26. The predicted octanol–water partition coefficient (Wildman–Crippen LogP) is 5.30. The number of thiol groups is 1. The van der Waals surface area contributed by atoms with Crippen molar-refractivity contribution in [1.82, 2.24) is 3.97 Å². The second-order valence-electron chi connectivity index (χ2n) is 7.02. The highest BCUT2D eigenvalue weighted by Gasteiger charge is 2.38. The van der Waals surface area contributed by atoms with Gasteiger partial charge in [-0.1, -0.05) is 38.3 Å². The lowest BCUT2D eigenvalue weighted by molar-refractivity contribution is 0.0520. The summed E-state index contributed by atoms with van der Waals surface area (Å²) in [5.41, 5.74) is 1.11. The van der Waals surface area contributed by atoms with Gasteiger partial charge in [0.05, 0.1) is 17.4 Å². The molecule has 3 aromatic rings. The molecule has 0 aliphatic carbocycles. The predicted molar refractivity (Wildman–Crippen MR) is 122 cm³/mol. The van der Waals surface area contributed by atoms with E-state index in [0.29, 0.717) is 21.5 Å². The fourth-order valence-corrected chi connectivity index (χ4v) is 6.17. The van der Waals surface area contributed by atoms with E-state index in [1.807, 2.05) is 13.8 Å². The van der Waals surface area contributed by atoms with Crippen LogP contribution in [0.3, 0.4) is 0 Å². The first-order chi connectivity index (χ1) is 14.1.